The maximum atomic E-state index is 12.3. The van der Waals surface area contributed by atoms with E-state index in [9.17, 15) is 18.0 Å². The Hall–Kier alpha value is -2.09. The van der Waals surface area contributed by atoms with E-state index < -0.39 is 11.9 Å². The first kappa shape index (κ1) is 15.8. The molecular weight excluding hydrogens is 311 g/mol. The largest absolute Gasteiger partial charge is 0.573 e. The molecule has 2 aliphatic heterocycles. The van der Waals surface area contributed by atoms with E-state index in [0.29, 0.717) is 24.2 Å². The molecule has 8 heteroatoms. The molecule has 1 saturated heterocycles. The van der Waals surface area contributed by atoms with Gasteiger partial charge in [0, 0.05) is 18.7 Å². The summed E-state index contributed by atoms with van der Waals surface area (Å²) in [6.45, 7) is 1.50. The average molecular weight is 327 g/mol. The molecular formula is C15H16F3N3O2. The fraction of sp³-hybridized carbons (Fsp3) is 0.467. The van der Waals surface area contributed by atoms with Crippen LogP contribution in [0.1, 0.15) is 18.4 Å². The average Bonchev–Trinajstić information content (AvgIpc) is 2.78. The number of piperidine rings is 1. The lowest BCUT2D eigenvalue weighted by Gasteiger charge is -2.33. The molecule has 0 bridgehead atoms. The SMILES string of the molecule is CN1CCC2(CC1)N=C(c1cccc(OC(F)(F)F)c1)NC2=O. The molecule has 3 rings (SSSR count). The van der Waals surface area contributed by atoms with E-state index in [0.717, 1.165) is 13.1 Å². The van der Waals surface area contributed by atoms with E-state index in [1.807, 2.05) is 7.05 Å². The van der Waals surface area contributed by atoms with Gasteiger partial charge < -0.3 is 15.0 Å². The minimum atomic E-state index is -4.76. The number of aliphatic imine (C=N–C) groups is 1. The Morgan fingerprint density at radius 3 is 2.65 bits per heavy atom. The number of nitrogens with one attached hydrogen (secondary N) is 1. The first-order valence-corrected chi connectivity index (χ1v) is 7.23. The van der Waals surface area contributed by atoms with Crippen LogP contribution in [-0.2, 0) is 4.79 Å². The summed E-state index contributed by atoms with van der Waals surface area (Å²) >= 11 is 0. The first-order chi connectivity index (χ1) is 10.8. The van der Waals surface area contributed by atoms with Crippen LogP contribution in [0.4, 0.5) is 13.2 Å². The molecule has 2 heterocycles. The number of alkyl halides is 3. The van der Waals surface area contributed by atoms with Crippen molar-refractivity contribution in [2.75, 3.05) is 20.1 Å². The fourth-order valence-corrected chi connectivity index (χ4v) is 2.82. The van der Waals surface area contributed by atoms with Gasteiger partial charge in [0.1, 0.15) is 17.1 Å². The standard InChI is InChI=1S/C15H16F3N3O2/c1-21-7-5-14(6-8-21)13(22)19-12(20-14)10-3-2-4-11(9-10)23-15(16,17)18/h2-4,9H,5-8H2,1H3,(H,19,20,22). The Balaban J connectivity index is 1.85. The minimum Gasteiger partial charge on any atom is -0.406 e. The molecule has 5 nitrogen and oxygen atoms in total. The number of likely N-dealkylation sites (tertiary alicyclic amines) is 1. The molecule has 0 radical (unpaired) electrons. The van der Waals surface area contributed by atoms with Gasteiger partial charge in [-0.15, -0.1) is 13.2 Å². The number of halogens is 3. The monoisotopic (exact) mass is 327 g/mol. The molecule has 0 aliphatic carbocycles. The van der Waals surface area contributed by atoms with Crippen molar-refractivity contribution < 1.29 is 22.7 Å². The van der Waals surface area contributed by atoms with Crippen molar-refractivity contribution in [3.63, 3.8) is 0 Å². The van der Waals surface area contributed by atoms with E-state index in [-0.39, 0.29) is 11.7 Å². The molecule has 0 aromatic heterocycles. The topological polar surface area (TPSA) is 53.9 Å². The van der Waals surface area contributed by atoms with Crippen LogP contribution in [-0.4, -0.2) is 48.7 Å². The third-order valence-corrected chi connectivity index (χ3v) is 4.14. The van der Waals surface area contributed by atoms with Gasteiger partial charge in [-0.05, 0) is 32.0 Å². The van der Waals surface area contributed by atoms with Gasteiger partial charge in [-0.1, -0.05) is 12.1 Å². The molecule has 1 spiro atoms. The van der Waals surface area contributed by atoms with E-state index in [1.165, 1.54) is 18.2 Å². The third kappa shape index (κ3) is 3.31. The highest BCUT2D eigenvalue weighted by Gasteiger charge is 2.45. The molecule has 23 heavy (non-hydrogen) atoms. The van der Waals surface area contributed by atoms with Gasteiger partial charge in [0.25, 0.3) is 5.91 Å². The molecule has 1 aromatic rings. The van der Waals surface area contributed by atoms with Gasteiger partial charge in [0.05, 0.1) is 0 Å². The number of carbonyl (C=O) groups is 1. The first-order valence-electron chi connectivity index (χ1n) is 7.23. The number of carbonyl (C=O) groups excluding carboxylic acids is 1. The van der Waals surface area contributed by atoms with Crippen molar-refractivity contribution in [1.29, 1.82) is 0 Å². The lowest BCUT2D eigenvalue weighted by atomic mass is 9.88. The Morgan fingerprint density at radius 1 is 1.30 bits per heavy atom. The highest BCUT2D eigenvalue weighted by atomic mass is 19.4. The third-order valence-electron chi connectivity index (χ3n) is 4.14. The van der Waals surface area contributed by atoms with Crippen molar-refractivity contribution >= 4 is 11.7 Å². The van der Waals surface area contributed by atoms with Crippen molar-refractivity contribution in [2.45, 2.75) is 24.7 Å². The minimum absolute atomic E-state index is 0.192. The molecule has 1 N–H and O–H groups in total. The molecule has 2 aliphatic rings. The smallest absolute Gasteiger partial charge is 0.406 e. The molecule has 124 valence electrons. The fourth-order valence-electron chi connectivity index (χ4n) is 2.82. The number of amidine groups is 1. The van der Waals surface area contributed by atoms with Gasteiger partial charge >= 0.3 is 6.36 Å². The summed E-state index contributed by atoms with van der Waals surface area (Å²) in [5.41, 5.74) is -0.404. The predicted octanol–water partition coefficient (Wildman–Crippen LogP) is 1.93. The van der Waals surface area contributed by atoms with Crippen LogP contribution >= 0.6 is 0 Å². The maximum Gasteiger partial charge on any atom is 0.573 e. The molecule has 1 fully saturated rings. The molecule has 0 unspecified atom stereocenters. The van der Waals surface area contributed by atoms with E-state index in [2.05, 4.69) is 19.9 Å². The summed E-state index contributed by atoms with van der Waals surface area (Å²) in [6.07, 6.45) is -3.57. The van der Waals surface area contributed by atoms with Crippen LogP contribution < -0.4 is 10.1 Å². The summed E-state index contributed by atoms with van der Waals surface area (Å²) in [6, 6.07) is 5.46. The van der Waals surface area contributed by atoms with Gasteiger partial charge in [0.2, 0.25) is 0 Å². The summed E-state index contributed by atoms with van der Waals surface area (Å²) in [5, 5.41) is 2.69. The zero-order chi connectivity index (χ0) is 16.7. The highest BCUT2D eigenvalue weighted by molar-refractivity contribution is 6.15. The molecule has 1 amide bonds. The molecule has 0 atom stereocenters. The van der Waals surface area contributed by atoms with Crippen molar-refractivity contribution in [1.82, 2.24) is 10.2 Å². The van der Waals surface area contributed by atoms with Crippen molar-refractivity contribution in [3.05, 3.63) is 29.8 Å². The Kier molecular flexibility index (Phi) is 3.79. The Bertz CT molecular complexity index is 650. The zero-order valence-corrected chi connectivity index (χ0v) is 12.5. The van der Waals surface area contributed by atoms with E-state index in [1.54, 1.807) is 6.07 Å². The summed E-state index contributed by atoms with van der Waals surface area (Å²) in [4.78, 5) is 18.9. The number of nitrogens with zero attached hydrogens (tertiary/aromatic N) is 2. The lowest BCUT2D eigenvalue weighted by molar-refractivity contribution is -0.274. The summed E-state index contributed by atoms with van der Waals surface area (Å²) < 4.78 is 40.8. The van der Waals surface area contributed by atoms with Crippen molar-refractivity contribution in [3.8, 4) is 5.75 Å². The second-order valence-corrected chi connectivity index (χ2v) is 5.83. The highest BCUT2D eigenvalue weighted by Crippen LogP contribution is 2.31. The van der Waals surface area contributed by atoms with Crippen LogP contribution in [0.15, 0.2) is 29.3 Å². The van der Waals surface area contributed by atoms with Gasteiger partial charge in [-0.25, -0.2) is 0 Å². The molecule has 1 aromatic carbocycles. The Labute approximate surface area is 131 Å². The van der Waals surface area contributed by atoms with Gasteiger partial charge in [-0.2, -0.15) is 0 Å². The van der Waals surface area contributed by atoms with Crippen LogP contribution in [0.2, 0.25) is 0 Å². The van der Waals surface area contributed by atoms with Crippen LogP contribution in [0.3, 0.4) is 0 Å². The zero-order valence-electron chi connectivity index (χ0n) is 12.5. The van der Waals surface area contributed by atoms with Crippen molar-refractivity contribution in [2.24, 2.45) is 4.99 Å². The lowest BCUT2D eigenvalue weighted by Crippen LogP contribution is -2.47. The number of rotatable bonds is 2. The van der Waals surface area contributed by atoms with Crippen LogP contribution in [0, 0.1) is 0 Å². The Morgan fingerprint density at radius 2 is 2.00 bits per heavy atom. The normalized spacial score (nSPS) is 21.2. The van der Waals surface area contributed by atoms with E-state index in [4.69, 9.17) is 0 Å². The number of benzene rings is 1. The maximum absolute atomic E-state index is 12.3. The second kappa shape index (κ2) is 5.52. The summed E-state index contributed by atoms with van der Waals surface area (Å²) in [5.74, 6) is -0.230. The second-order valence-electron chi connectivity index (χ2n) is 5.83. The van der Waals surface area contributed by atoms with Gasteiger partial charge in [0.15, 0.2) is 0 Å². The number of amides is 1. The predicted molar refractivity (Wildman–Crippen MR) is 77.3 cm³/mol. The number of ether oxygens (including phenoxy) is 1. The molecule has 0 saturated carbocycles. The number of hydrogen-bond donors (Lipinski definition) is 1. The quantitative estimate of drug-likeness (QED) is 0.903. The van der Waals surface area contributed by atoms with Crippen LogP contribution in [0.5, 0.6) is 5.75 Å². The van der Waals surface area contributed by atoms with Gasteiger partial charge in [-0.3, -0.25) is 9.79 Å². The van der Waals surface area contributed by atoms with Crippen LogP contribution in [0.25, 0.3) is 0 Å². The number of hydrogen-bond acceptors (Lipinski definition) is 4. The van der Waals surface area contributed by atoms with E-state index >= 15 is 0 Å². The summed E-state index contributed by atoms with van der Waals surface area (Å²) in [7, 11) is 1.97.